The van der Waals surface area contributed by atoms with Gasteiger partial charge in [0.05, 0.1) is 0 Å². The van der Waals surface area contributed by atoms with E-state index in [4.69, 9.17) is 16.3 Å². The predicted molar refractivity (Wildman–Crippen MR) is 172 cm³/mol. The molecule has 0 saturated carbocycles. The van der Waals surface area contributed by atoms with Crippen molar-refractivity contribution in [1.82, 2.24) is 0 Å². The molecule has 198 valence electrons. The average molecular weight is 620 g/mol. The number of ether oxygens (including phenoxy) is 1. The number of halogens is 2. The number of allylic oxidation sites excluding steroid dienone is 1. The van der Waals surface area contributed by atoms with E-state index in [2.05, 4.69) is 98.5 Å². The van der Waals surface area contributed by atoms with Crippen molar-refractivity contribution in [2.45, 2.75) is 6.92 Å². The zero-order chi connectivity index (χ0) is 27.6. The van der Waals surface area contributed by atoms with E-state index in [1.54, 1.807) is 6.92 Å². The van der Waals surface area contributed by atoms with Crippen LogP contribution in [-0.4, -0.2) is 30.7 Å². The molecule has 0 amide bonds. The molecule has 0 N–H and O–H groups in total. The van der Waals surface area contributed by atoms with E-state index in [1.165, 1.54) is 0 Å². The van der Waals surface area contributed by atoms with E-state index in [0.717, 1.165) is 27.7 Å². The van der Waals surface area contributed by atoms with Gasteiger partial charge < -0.3 is 0 Å². The van der Waals surface area contributed by atoms with Gasteiger partial charge in [-0.1, -0.05) is 0 Å². The first-order valence-electron chi connectivity index (χ1n) is 12.5. The Kier molecular flexibility index (Phi) is 9.63. The molecule has 0 aromatic heterocycles. The van der Waals surface area contributed by atoms with E-state index < -0.39 is 11.3 Å². The number of rotatable bonds is 10. The molecule has 39 heavy (non-hydrogen) atoms. The van der Waals surface area contributed by atoms with Crippen LogP contribution in [0.15, 0.2) is 132 Å². The molecule has 0 aliphatic carbocycles. The van der Waals surface area contributed by atoms with Crippen molar-refractivity contribution in [2.24, 2.45) is 10.2 Å². The fraction of sp³-hybridized carbons (Fsp3) is 0.0938. The van der Waals surface area contributed by atoms with Crippen molar-refractivity contribution >= 4 is 72.3 Å². The van der Waals surface area contributed by atoms with E-state index in [0.29, 0.717) is 16.9 Å². The van der Waals surface area contributed by atoms with Gasteiger partial charge >= 0.3 is 244 Å². The number of hydrogen-bond acceptors (Lipinski definition) is 4. The second-order valence-corrected chi connectivity index (χ2v) is 18.2. The number of carbonyl (C=O) groups excluding carboxylic acids is 1. The summed E-state index contributed by atoms with van der Waals surface area (Å²) in [7, 11) is 0. The summed E-state index contributed by atoms with van der Waals surface area (Å²) in [6.07, 6.45) is 5.54. The fourth-order valence-corrected chi connectivity index (χ4v) is 12.1. The quantitative estimate of drug-likeness (QED) is 0.0817. The molecular weight excluding hydrogens is 591 g/mol. The zero-order valence-electron chi connectivity index (χ0n) is 21.5. The second-order valence-electron chi connectivity index (χ2n) is 8.82. The Morgan fingerprint density at radius 1 is 0.821 bits per heavy atom. The first-order chi connectivity index (χ1) is 18.9. The molecule has 4 aromatic rings. The fourth-order valence-electron chi connectivity index (χ4n) is 4.46. The number of benzene rings is 4. The summed E-state index contributed by atoms with van der Waals surface area (Å²) in [5.74, 6) is -0.534. The third-order valence-electron chi connectivity index (χ3n) is 6.32. The van der Waals surface area contributed by atoms with Crippen LogP contribution < -0.4 is 15.9 Å². The normalized spacial score (nSPS) is 13.3. The molecular formula is C32H29BrClN2O2P. The van der Waals surface area contributed by atoms with Gasteiger partial charge in [0.2, 0.25) is 0 Å². The van der Waals surface area contributed by atoms with E-state index in [-0.39, 0.29) is 6.61 Å². The van der Waals surface area contributed by atoms with Crippen LogP contribution >= 0.6 is 32.4 Å². The van der Waals surface area contributed by atoms with Crippen molar-refractivity contribution in [1.29, 1.82) is 0 Å². The van der Waals surface area contributed by atoms with Crippen LogP contribution in [0.3, 0.4) is 0 Å². The van der Waals surface area contributed by atoms with E-state index in [1.807, 2.05) is 54.6 Å². The third kappa shape index (κ3) is 6.62. The molecule has 0 saturated heterocycles. The van der Waals surface area contributed by atoms with Gasteiger partial charge in [0.15, 0.2) is 0 Å². The summed E-state index contributed by atoms with van der Waals surface area (Å²) in [5, 5.41) is 9.49. The average Bonchev–Trinajstić information content (AvgIpc) is 2.98. The Hall–Kier alpha value is -3.37. The van der Waals surface area contributed by atoms with Gasteiger partial charge in [0.25, 0.3) is 0 Å². The van der Waals surface area contributed by atoms with Gasteiger partial charge in [-0.15, -0.1) is 0 Å². The summed E-state index contributed by atoms with van der Waals surface area (Å²) in [5.41, 5.74) is 1.66. The van der Waals surface area contributed by atoms with Crippen LogP contribution in [0.1, 0.15) is 12.5 Å². The molecule has 0 bridgehead atoms. The molecule has 0 radical (unpaired) electrons. The Balaban J connectivity index is 1.94. The van der Waals surface area contributed by atoms with Crippen molar-refractivity contribution in [3.05, 3.63) is 132 Å². The van der Waals surface area contributed by atoms with Crippen LogP contribution in [0.4, 0.5) is 0 Å². The molecule has 0 fully saturated rings. The maximum absolute atomic E-state index is 12.0. The van der Waals surface area contributed by atoms with Crippen molar-refractivity contribution in [3.63, 3.8) is 0 Å². The van der Waals surface area contributed by atoms with Gasteiger partial charge in [0.1, 0.15) is 0 Å². The molecule has 0 atom stereocenters. The summed E-state index contributed by atoms with van der Waals surface area (Å²) >= 11 is 10.5. The van der Waals surface area contributed by atoms with Gasteiger partial charge in [-0.2, -0.15) is 0 Å². The van der Waals surface area contributed by atoms with Gasteiger partial charge in [0, 0.05) is 0 Å². The minimum absolute atomic E-state index is 0.270. The Labute approximate surface area is 242 Å². The monoisotopic (exact) mass is 618 g/mol. The minimum atomic E-state index is -3.33. The third-order valence-corrected chi connectivity index (χ3v) is 16.0. The van der Waals surface area contributed by atoms with Crippen molar-refractivity contribution < 1.29 is 9.53 Å². The summed E-state index contributed by atoms with van der Waals surface area (Å²) in [6, 6.07) is 39.0. The number of hydrogen-bond donors (Lipinski definition) is 0. The molecule has 4 nitrogen and oxygen atoms in total. The van der Waals surface area contributed by atoms with E-state index in [9.17, 15) is 4.79 Å². The van der Waals surface area contributed by atoms with Crippen molar-refractivity contribution in [2.75, 3.05) is 12.8 Å². The molecule has 4 aromatic carbocycles. The predicted octanol–water partition coefficient (Wildman–Crippen LogP) is 7.18. The molecule has 0 aliphatic heterocycles. The first kappa shape index (κ1) is 28.6. The number of esters is 1. The van der Waals surface area contributed by atoms with Gasteiger partial charge in [-0.25, -0.2) is 0 Å². The number of nitrogens with zero attached hydrogens (tertiary/aromatic N) is 2. The SMILES string of the molecule is CCOC(=O)\C=N/N=C(/C=C\c1ccc(Cl)cc1)CP(Br)(c1ccccc1)(c1ccccc1)c1ccccc1. The first-order valence-corrected chi connectivity index (χ1v) is 17.4. The van der Waals surface area contributed by atoms with Crippen LogP contribution in [0.5, 0.6) is 0 Å². The Morgan fingerprint density at radius 3 is 1.77 bits per heavy atom. The number of carbonyl (C=O) groups is 1. The molecule has 0 heterocycles. The van der Waals surface area contributed by atoms with Gasteiger partial charge in [-0.3, -0.25) is 0 Å². The Bertz CT molecular complexity index is 1380. The van der Waals surface area contributed by atoms with Crippen LogP contribution in [0.25, 0.3) is 6.08 Å². The van der Waals surface area contributed by atoms with Crippen LogP contribution in [0.2, 0.25) is 5.02 Å². The summed E-state index contributed by atoms with van der Waals surface area (Å²) in [4.78, 5) is 12.0. The molecule has 7 heteroatoms. The molecule has 0 unspecified atom stereocenters. The maximum atomic E-state index is 12.0. The standard InChI is InChI=1S/C32H29BrClN2O2P/c1-2-38-32(37)24-35-36-28(23-20-26-18-21-27(34)22-19-26)25-39(33,29-12-6-3-7-13-29,30-14-8-4-9-15-30)31-16-10-5-11-17-31/h3-24H,2,25H2,1H3/b23-20-,35-24-,36-28-. The van der Waals surface area contributed by atoms with Crippen LogP contribution in [0, 0.1) is 0 Å². The summed E-state index contributed by atoms with van der Waals surface area (Å²) < 4.78 is 5.00. The van der Waals surface area contributed by atoms with Crippen LogP contribution in [-0.2, 0) is 9.53 Å². The summed E-state index contributed by atoms with van der Waals surface area (Å²) in [6.45, 7) is 2.02. The topological polar surface area (TPSA) is 51.0 Å². The van der Waals surface area contributed by atoms with Crippen molar-refractivity contribution in [3.8, 4) is 0 Å². The second kappa shape index (κ2) is 13.1. The van der Waals surface area contributed by atoms with Gasteiger partial charge in [-0.05, 0) is 0 Å². The Morgan fingerprint density at radius 2 is 1.31 bits per heavy atom. The zero-order valence-corrected chi connectivity index (χ0v) is 24.8. The molecule has 4 rings (SSSR count). The van der Waals surface area contributed by atoms with E-state index >= 15 is 0 Å². The molecule has 0 spiro atoms. The molecule has 0 aliphatic rings.